The summed E-state index contributed by atoms with van der Waals surface area (Å²) < 4.78 is 11.5. The van der Waals surface area contributed by atoms with Gasteiger partial charge in [-0.05, 0) is 52.6 Å². The molecule has 9 nitrogen and oxygen atoms in total. The molecule has 3 aromatic carbocycles. The van der Waals surface area contributed by atoms with E-state index < -0.39 is 11.4 Å². The van der Waals surface area contributed by atoms with Gasteiger partial charge in [-0.25, -0.2) is 4.79 Å². The van der Waals surface area contributed by atoms with Crippen LogP contribution in [0.4, 0.5) is 0 Å². The molecule has 0 bridgehead atoms. The number of aliphatic hydroxyl groups is 1. The van der Waals surface area contributed by atoms with E-state index in [4.69, 9.17) is 14.4 Å². The molecular weight excluding hydrogens is 461 g/mol. The van der Waals surface area contributed by atoms with Crippen molar-refractivity contribution in [1.82, 2.24) is 15.0 Å². The topological polar surface area (TPSA) is 125 Å². The van der Waals surface area contributed by atoms with E-state index in [1.54, 1.807) is 36.4 Å². The van der Waals surface area contributed by atoms with Crippen LogP contribution in [-0.2, 0) is 13.2 Å². The second-order valence-corrected chi connectivity index (χ2v) is 7.48. The van der Waals surface area contributed by atoms with Crippen LogP contribution in [-0.4, -0.2) is 28.9 Å². The van der Waals surface area contributed by atoms with E-state index in [9.17, 15) is 14.4 Å². The van der Waals surface area contributed by atoms with Gasteiger partial charge in [0, 0.05) is 18.7 Å². The predicted molar refractivity (Wildman–Crippen MR) is 124 cm³/mol. The van der Waals surface area contributed by atoms with Crippen LogP contribution < -0.4 is 56.0 Å². The number of rotatable bonds is 9. The van der Waals surface area contributed by atoms with Crippen LogP contribution in [0, 0.1) is 0 Å². The first kappa shape index (κ1) is 26.2. The van der Waals surface area contributed by atoms with E-state index in [2.05, 4.69) is 10.3 Å². The third kappa shape index (κ3) is 7.06. The molecule has 0 aliphatic rings. The molecule has 2 N–H and O–H groups in total. The molecule has 10 heteroatoms. The Balaban J connectivity index is 0.00000342. The number of carbonyl (C=O) groups excluding carboxylic acids is 1. The largest absolute Gasteiger partial charge is 1.00 e. The molecule has 35 heavy (non-hydrogen) atoms. The van der Waals surface area contributed by atoms with E-state index >= 15 is 0 Å². The Labute approximate surface area is 222 Å². The summed E-state index contributed by atoms with van der Waals surface area (Å²) in [5, 5.41) is 11.5. The molecule has 4 rings (SSSR count). The Morgan fingerprint density at radius 2 is 1.71 bits per heavy atom. The normalized spacial score (nSPS) is 10.4. The number of ether oxygens (including phenoxy) is 1. The fourth-order valence-corrected chi connectivity index (χ4v) is 3.34. The standard InChI is InChI=1S/C25H23N3O6.Na/c29-13-12-26-23(30)20-8-6-19(7-9-20)21-3-1-2-18(14-21)16-33-22-10-4-17(5-11-22)15-28-24(31)27-25(32)34-28;/h1-11,14,29H,12-13,15-16H2,(H2,26,27,30,31,32);/q;+1/p-1. The van der Waals surface area contributed by atoms with Crippen LogP contribution in [0.1, 0.15) is 21.5 Å². The molecule has 1 aromatic heterocycles. The summed E-state index contributed by atoms with van der Waals surface area (Å²) in [7, 11) is 0. The molecule has 0 fully saturated rings. The zero-order valence-corrected chi connectivity index (χ0v) is 21.1. The Hall–Kier alpha value is -3.37. The van der Waals surface area contributed by atoms with Crippen molar-refractivity contribution in [3.8, 4) is 16.9 Å². The molecule has 0 unspecified atom stereocenters. The summed E-state index contributed by atoms with van der Waals surface area (Å²) in [6.45, 7) is 0.583. The predicted octanol–water partition coefficient (Wildman–Crippen LogP) is -1.22. The molecular formula is C25H22N3NaO6. The van der Waals surface area contributed by atoms with Gasteiger partial charge in [0.25, 0.3) is 5.91 Å². The smallest absolute Gasteiger partial charge is 0.489 e. The third-order valence-corrected chi connectivity index (χ3v) is 5.05. The van der Waals surface area contributed by atoms with Crippen molar-refractivity contribution in [3.63, 3.8) is 0 Å². The van der Waals surface area contributed by atoms with Crippen LogP contribution in [0.2, 0.25) is 0 Å². The number of aliphatic hydroxyl groups excluding tert-OH is 1. The second kappa shape index (κ2) is 12.4. The van der Waals surface area contributed by atoms with E-state index in [0.717, 1.165) is 27.0 Å². The van der Waals surface area contributed by atoms with Crippen molar-refractivity contribution in [1.29, 1.82) is 0 Å². The zero-order valence-electron chi connectivity index (χ0n) is 19.1. The maximum absolute atomic E-state index is 12.0. The van der Waals surface area contributed by atoms with Gasteiger partial charge in [-0.15, -0.1) is 0 Å². The molecule has 0 aliphatic carbocycles. The Morgan fingerprint density at radius 3 is 2.37 bits per heavy atom. The first-order valence-electron chi connectivity index (χ1n) is 10.6. The maximum atomic E-state index is 12.0. The van der Waals surface area contributed by atoms with Gasteiger partial charge in [-0.2, -0.15) is 0 Å². The minimum absolute atomic E-state index is 0. The molecule has 1 heterocycles. The fraction of sp³-hybridized carbons (Fsp3) is 0.160. The van der Waals surface area contributed by atoms with Crippen molar-refractivity contribution in [2.75, 3.05) is 13.2 Å². The first-order chi connectivity index (χ1) is 16.5. The van der Waals surface area contributed by atoms with Crippen molar-refractivity contribution in [3.05, 3.63) is 111 Å². The second-order valence-electron chi connectivity index (χ2n) is 7.48. The average molecular weight is 483 g/mol. The summed E-state index contributed by atoms with van der Waals surface area (Å²) in [6, 6.07) is 22.3. The molecule has 0 saturated carbocycles. The minimum atomic E-state index is -0.910. The summed E-state index contributed by atoms with van der Waals surface area (Å²) in [5.74, 6) is -0.481. The van der Waals surface area contributed by atoms with Gasteiger partial charge in [0.2, 0.25) is 0 Å². The SMILES string of the molecule is O=C(NCCO)c1ccc(-c2cccc(COc3ccc(Cn4oc(=O)[n-]c4=O)cc3)c2)cc1.[Na+]. The Kier molecular flexibility index (Phi) is 9.27. The van der Waals surface area contributed by atoms with E-state index in [1.807, 2.05) is 36.4 Å². The molecule has 1 amide bonds. The number of hydrogen-bond donors (Lipinski definition) is 2. The molecule has 0 atom stereocenters. The molecule has 0 saturated heterocycles. The fourth-order valence-electron chi connectivity index (χ4n) is 3.34. The van der Waals surface area contributed by atoms with Gasteiger partial charge in [0.1, 0.15) is 12.4 Å². The number of nitrogens with one attached hydrogen (secondary N) is 1. The number of benzene rings is 3. The monoisotopic (exact) mass is 483 g/mol. The number of aromatic nitrogens is 2. The summed E-state index contributed by atoms with van der Waals surface area (Å²) in [5.41, 5.74) is 3.51. The van der Waals surface area contributed by atoms with Crippen LogP contribution >= 0.6 is 0 Å². The van der Waals surface area contributed by atoms with Crippen molar-refractivity contribution >= 4 is 5.91 Å². The van der Waals surface area contributed by atoms with E-state index in [-0.39, 0.29) is 55.2 Å². The molecule has 174 valence electrons. The number of hydrogen-bond acceptors (Lipinski definition) is 6. The number of amides is 1. The van der Waals surface area contributed by atoms with Crippen molar-refractivity contribution in [2.24, 2.45) is 0 Å². The maximum Gasteiger partial charge on any atom is 1.00 e. The molecule has 4 aromatic rings. The van der Waals surface area contributed by atoms with Gasteiger partial charge < -0.3 is 24.7 Å². The van der Waals surface area contributed by atoms with Crippen LogP contribution in [0.5, 0.6) is 5.75 Å². The zero-order chi connectivity index (χ0) is 23.9. The van der Waals surface area contributed by atoms with E-state index in [0.29, 0.717) is 17.9 Å². The average Bonchev–Trinajstić information content (AvgIpc) is 3.18. The van der Waals surface area contributed by atoms with Crippen molar-refractivity contribution in [2.45, 2.75) is 13.2 Å². The van der Waals surface area contributed by atoms with Crippen LogP contribution in [0.15, 0.2) is 86.9 Å². The summed E-state index contributed by atoms with van der Waals surface area (Å²) in [6.07, 6.45) is 0. The molecule has 0 aliphatic heterocycles. The summed E-state index contributed by atoms with van der Waals surface area (Å²) >= 11 is 0. The third-order valence-electron chi connectivity index (χ3n) is 5.05. The van der Waals surface area contributed by atoms with Gasteiger partial charge in [0.05, 0.1) is 6.61 Å². The Morgan fingerprint density at radius 1 is 0.971 bits per heavy atom. The number of carbonyl (C=O) groups is 1. The molecule has 0 spiro atoms. The number of nitrogens with zero attached hydrogens (tertiary/aromatic N) is 2. The summed E-state index contributed by atoms with van der Waals surface area (Å²) in [4.78, 5) is 37.7. The molecule has 0 radical (unpaired) electrons. The minimum Gasteiger partial charge on any atom is -0.489 e. The van der Waals surface area contributed by atoms with Crippen LogP contribution in [0.25, 0.3) is 11.1 Å². The van der Waals surface area contributed by atoms with Crippen LogP contribution in [0.3, 0.4) is 0 Å². The van der Waals surface area contributed by atoms with Crippen molar-refractivity contribution < 1.29 is 48.7 Å². The van der Waals surface area contributed by atoms with E-state index in [1.165, 1.54) is 0 Å². The van der Waals surface area contributed by atoms with Gasteiger partial charge >= 0.3 is 35.3 Å². The van der Waals surface area contributed by atoms with Gasteiger partial charge in [0.15, 0.2) is 5.69 Å². The quantitative estimate of drug-likeness (QED) is 0.286. The first-order valence-corrected chi connectivity index (χ1v) is 10.6. The van der Waals surface area contributed by atoms with Gasteiger partial charge in [-0.1, -0.05) is 42.5 Å². The Bertz CT molecular complexity index is 1370. The van der Waals surface area contributed by atoms with Gasteiger partial charge in [-0.3, -0.25) is 14.3 Å².